The van der Waals surface area contributed by atoms with Crippen molar-refractivity contribution >= 4 is 0 Å². The number of fused-ring (bicyclic) bond motifs is 10. The van der Waals surface area contributed by atoms with Gasteiger partial charge in [0.15, 0.2) is 0 Å². The highest BCUT2D eigenvalue weighted by Crippen LogP contribution is 2.64. The molecule has 6 aliphatic rings. The van der Waals surface area contributed by atoms with E-state index >= 15 is 0 Å². The monoisotopic (exact) mass is 608 g/mol. The number of aliphatic hydroxyl groups is 2. The van der Waals surface area contributed by atoms with Crippen LogP contribution in [-0.4, -0.2) is 45.0 Å². The van der Waals surface area contributed by atoms with Gasteiger partial charge in [0.1, 0.15) is 23.8 Å². The Hall–Kier alpha value is -2.18. The lowest BCUT2D eigenvalue weighted by atomic mass is 9.53. The Balaban J connectivity index is 0.000000142. The maximum absolute atomic E-state index is 14.2. The Kier molecular flexibility index (Phi) is 7.40. The summed E-state index contributed by atoms with van der Waals surface area (Å²) in [5, 5.41) is 40.2. The topological polar surface area (TPSA) is 80.9 Å². The molecule has 2 aromatic rings. The molecule has 4 nitrogen and oxygen atoms in total. The maximum atomic E-state index is 14.2. The van der Waals surface area contributed by atoms with Crippen LogP contribution in [0.1, 0.15) is 100 Å². The molecule has 6 aliphatic carbocycles. The lowest BCUT2D eigenvalue weighted by Crippen LogP contribution is -2.47. The molecule has 0 heterocycles. The molecule has 0 spiro atoms. The molecular weight excluding hydrogens is 558 g/mol. The van der Waals surface area contributed by atoms with E-state index in [1.165, 1.54) is 22.3 Å². The molecule has 0 aromatic heterocycles. The van der Waals surface area contributed by atoms with E-state index in [1.807, 2.05) is 12.1 Å². The van der Waals surface area contributed by atoms with Crippen LogP contribution in [0.2, 0.25) is 0 Å². The number of rotatable bonds is 0. The number of halogens is 2. The maximum Gasteiger partial charge on any atom is 0.127 e. The molecule has 44 heavy (non-hydrogen) atoms. The molecule has 0 bridgehead atoms. The lowest BCUT2D eigenvalue weighted by Gasteiger charge is -2.52. The average molecular weight is 609 g/mol. The van der Waals surface area contributed by atoms with Crippen LogP contribution >= 0.6 is 0 Å². The van der Waals surface area contributed by atoms with Crippen molar-refractivity contribution in [3.05, 3.63) is 58.7 Å². The molecule has 4 fully saturated rings. The molecule has 4 saturated carbocycles. The van der Waals surface area contributed by atoms with E-state index in [0.717, 1.165) is 38.5 Å². The number of alkyl halides is 2. The normalized spacial score (nSPS) is 46.7. The van der Waals surface area contributed by atoms with Gasteiger partial charge in [-0.3, -0.25) is 0 Å². The molecule has 0 unspecified atom stereocenters. The van der Waals surface area contributed by atoms with Crippen LogP contribution in [0.5, 0.6) is 11.5 Å². The van der Waals surface area contributed by atoms with Crippen molar-refractivity contribution in [3.8, 4) is 11.5 Å². The first-order chi connectivity index (χ1) is 20.8. The molecule has 240 valence electrons. The fraction of sp³-hybridized carbons (Fsp3) is 0.684. The quantitative estimate of drug-likeness (QED) is 0.248. The third-order valence-corrected chi connectivity index (χ3v) is 14.0. The third kappa shape index (κ3) is 4.47. The fourth-order valence-electron chi connectivity index (χ4n) is 11.8. The smallest absolute Gasteiger partial charge is 0.127 e. The third-order valence-electron chi connectivity index (χ3n) is 14.0. The van der Waals surface area contributed by atoms with E-state index in [2.05, 4.69) is 39.8 Å². The summed E-state index contributed by atoms with van der Waals surface area (Å²) in [5.74, 6) is 3.97. The van der Waals surface area contributed by atoms with E-state index < -0.39 is 24.6 Å². The van der Waals surface area contributed by atoms with Crippen LogP contribution in [0.3, 0.4) is 0 Å². The van der Waals surface area contributed by atoms with Gasteiger partial charge in [0.25, 0.3) is 0 Å². The molecule has 0 saturated heterocycles. The van der Waals surface area contributed by atoms with Gasteiger partial charge in [-0.1, -0.05) is 39.8 Å². The number of phenols is 2. The van der Waals surface area contributed by atoms with Gasteiger partial charge in [-0.15, -0.1) is 0 Å². The van der Waals surface area contributed by atoms with Crippen molar-refractivity contribution in [2.45, 2.75) is 115 Å². The Morgan fingerprint density at radius 1 is 0.659 bits per heavy atom. The summed E-state index contributed by atoms with van der Waals surface area (Å²) >= 11 is 0. The second-order valence-corrected chi connectivity index (χ2v) is 16.2. The van der Waals surface area contributed by atoms with Gasteiger partial charge in [0.2, 0.25) is 0 Å². The van der Waals surface area contributed by atoms with Gasteiger partial charge in [-0.05, 0) is 156 Å². The van der Waals surface area contributed by atoms with E-state index in [0.29, 0.717) is 59.8 Å². The summed E-state index contributed by atoms with van der Waals surface area (Å²) in [6, 6.07) is 11.5. The van der Waals surface area contributed by atoms with Crippen LogP contribution in [0, 0.1) is 46.3 Å². The summed E-state index contributed by atoms with van der Waals surface area (Å²) in [4.78, 5) is 0. The summed E-state index contributed by atoms with van der Waals surface area (Å²) < 4.78 is 28.4. The van der Waals surface area contributed by atoms with Crippen LogP contribution in [0.15, 0.2) is 36.4 Å². The molecular formula is C38H50F2O4. The first kappa shape index (κ1) is 30.5. The number of benzene rings is 2. The predicted molar refractivity (Wildman–Crippen MR) is 167 cm³/mol. The number of aromatic hydroxyl groups is 2. The van der Waals surface area contributed by atoms with E-state index in [-0.39, 0.29) is 22.7 Å². The highest BCUT2D eigenvalue weighted by molar-refractivity contribution is 5.42. The SMILES string of the molecule is C[C@@H]1Cc2cc(O)ccc2[C@H]2CC[C@]3(C)[C@@H](O)[C@@H](F)C[C@H]3[C@H]12.C[C@@H]1Cc2cc(O)ccc2[C@H]2CC[C@]3(C)[C@@H](O)[C@H](F)C[C@H]3[C@H]12. The van der Waals surface area contributed by atoms with Crippen LogP contribution in [0.25, 0.3) is 0 Å². The predicted octanol–water partition coefficient (Wildman–Crippen LogP) is 7.61. The van der Waals surface area contributed by atoms with Crippen LogP contribution < -0.4 is 0 Å². The zero-order valence-electron chi connectivity index (χ0n) is 26.6. The minimum absolute atomic E-state index is 0.261. The lowest BCUT2D eigenvalue weighted by molar-refractivity contribution is -0.0464. The van der Waals surface area contributed by atoms with Crippen LogP contribution in [0.4, 0.5) is 8.78 Å². The summed E-state index contributed by atoms with van der Waals surface area (Å²) in [6.07, 6.45) is 3.01. The summed E-state index contributed by atoms with van der Waals surface area (Å²) in [6.45, 7) is 8.71. The van der Waals surface area contributed by atoms with E-state index in [4.69, 9.17) is 0 Å². The number of hydrogen-bond acceptors (Lipinski definition) is 4. The van der Waals surface area contributed by atoms with Crippen molar-refractivity contribution in [1.82, 2.24) is 0 Å². The number of aliphatic hydroxyl groups excluding tert-OH is 2. The zero-order chi connectivity index (χ0) is 31.3. The van der Waals surface area contributed by atoms with Crippen molar-refractivity contribution < 1.29 is 29.2 Å². The Bertz CT molecular complexity index is 1310. The highest BCUT2D eigenvalue weighted by atomic mass is 19.1. The van der Waals surface area contributed by atoms with Gasteiger partial charge in [-0.25, -0.2) is 8.78 Å². The van der Waals surface area contributed by atoms with Crippen molar-refractivity contribution in [1.29, 1.82) is 0 Å². The average Bonchev–Trinajstić information content (AvgIpc) is 3.35. The van der Waals surface area contributed by atoms with E-state index in [1.54, 1.807) is 12.1 Å². The Labute approximate surface area is 260 Å². The van der Waals surface area contributed by atoms with Gasteiger partial charge in [0, 0.05) is 0 Å². The largest absolute Gasteiger partial charge is 0.508 e. The molecule has 14 atom stereocenters. The first-order valence-electron chi connectivity index (χ1n) is 17.1. The fourth-order valence-corrected chi connectivity index (χ4v) is 11.8. The first-order valence-corrected chi connectivity index (χ1v) is 17.1. The van der Waals surface area contributed by atoms with Crippen molar-refractivity contribution in [2.75, 3.05) is 0 Å². The summed E-state index contributed by atoms with van der Waals surface area (Å²) in [5.41, 5.74) is 4.69. The zero-order valence-corrected chi connectivity index (χ0v) is 26.6. The molecule has 6 heteroatoms. The van der Waals surface area contributed by atoms with Gasteiger partial charge < -0.3 is 20.4 Å². The Morgan fingerprint density at radius 3 is 1.43 bits per heavy atom. The second kappa shape index (κ2) is 10.7. The molecule has 8 rings (SSSR count). The second-order valence-electron chi connectivity index (χ2n) is 16.2. The van der Waals surface area contributed by atoms with Crippen molar-refractivity contribution in [2.24, 2.45) is 46.3 Å². The standard InChI is InChI=1S/2C19H25FO2/c2*1-10-7-11-8-12(21)3-4-13(11)14-5-6-19(2)15(17(10)14)9-16(20)18(19)22/h2*3-4,8,10,14-18,21-22H,5-7,9H2,1-2H3/t10-,14-,15+,16+,17-,18+,19+;10-,14-,15+,16-,17-,18+,19+/m11/s1. The highest BCUT2D eigenvalue weighted by Gasteiger charge is 2.61. The van der Waals surface area contributed by atoms with E-state index in [9.17, 15) is 29.2 Å². The molecule has 2 aromatic carbocycles. The minimum atomic E-state index is -1.07. The summed E-state index contributed by atoms with van der Waals surface area (Å²) in [7, 11) is 0. The number of phenolic OH excluding ortho intramolecular Hbond substituents is 2. The molecule has 4 N–H and O–H groups in total. The molecule has 0 aliphatic heterocycles. The Morgan fingerprint density at radius 2 is 1.05 bits per heavy atom. The van der Waals surface area contributed by atoms with Gasteiger partial charge in [-0.2, -0.15) is 0 Å². The molecule has 0 radical (unpaired) electrons. The van der Waals surface area contributed by atoms with Crippen LogP contribution in [-0.2, 0) is 12.8 Å². The molecule has 0 amide bonds. The van der Waals surface area contributed by atoms with Gasteiger partial charge in [0.05, 0.1) is 12.2 Å². The minimum Gasteiger partial charge on any atom is -0.508 e. The van der Waals surface area contributed by atoms with Crippen molar-refractivity contribution in [3.63, 3.8) is 0 Å². The number of hydrogen-bond donors (Lipinski definition) is 4. The van der Waals surface area contributed by atoms with Gasteiger partial charge >= 0.3 is 0 Å².